The first-order valence-electron chi connectivity index (χ1n) is 8.67. The Bertz CT molecular complexity index is 432. The zero-order valence-electron chi connectivity index (χ0n) is 14.4. The molecule has 1 aliphatic rings. The Hall–Kier alpha value is -0.940. The van der Waals surface area contributed by atoms with Crippen molar-refractivity contribution in [3.8, 4) is 0 Å². The second kappa shape index (κ2) is 9.38. The molecule has 1 saturated heterocycles. The van der Waals surface area contributed by atoms with Gasteiger partial charge in [0.2, 0.25) is 0 Å². The van der Waals surface area contributed by atoms with E-state index in [1.165, 1.54) is 5.56 Å². The fraction of sp³-hybridized carbons (Fsp3) is 0.684. The summed E-state index contributed by atoms with van der Waals surface area (Å²) in [4.78, 5) is 0. The van der Waals surface area contributed by atoms with Gasteiger partial charge in [-0.2, -0.15) is 0 Å². The van der Waals surface area contributed by atoms with Crippen LogP contribution in [0.1, 0.15) is 51.5 Å². The summed E-state index contributed by atoms with van der Waals surface area (Å²) in [7, 11) is 0. The van der Waals surface area contributed by atoms with Gasteiger partial charge in [-0.05, 0) is 45.1 Å². The van der Waals surface area contributed by atoms with E-state index in [0.29, 0.717) is 13.0 Å². The van der Waals surface area contributed by atoms with Gasteiger partial charge in [0, 0.05) is 19.6 Å². The van der Waals surface area contributed by atoms with Crippen molar-refractivity contribution >= 4 is 0 Å². The molecule has 1 aliphatic heterocycles. The van der Waals surface area contributed by atoms with Gasteiger partial charge in [0.05, 0.1) is 18.8 Å². The standard InChI is InChI=1S/C19H30O4/c1-19(2)22-17(14-18(23-19)11-12-20)10-6-7-13-21-15-16-8-4-3-5-9-16/h3-5,8-9,17-18,20H,6-7,10-15H2,1-2H3/t17-,18+/m0/s1. The number of hydrogen-bond acceptors (Lipinski definition) is 4. The highest BCUT2D eigenvalue weighted by Crippen LogP contribution is 2.30. The summed E-state index contributed by atoms with van der Waals surface area (Å²) < 4.78 is 17.5. The van der Waals surface area contributed by atoms with Gasteiger partial charge in [0.15, 0.2) is 5.79 Å². The lowest BCUT2D eigenvalue weighted by Gasteiger charge is -2.41. The summed E-state index contributed by atoms with van der Waals surface area (Å²) in [5, 5.41) is 9.10. The van der Waals surface area contributed by atoms with Crippen LogP contribution in [-0.4, -0.2) is 36.3 Å². The third-order valence-corrected chi connectivity index (χ3v) is 4.05. The van der Waals surface area contributed by atoms with Gasteiger partial charge >= 0.3 is 0 Å². The van der Waals surface area contributed by atoms with Gasteiger partial charge in [0.25, 0.3) is 0 Å². The second-order valence-electron chi connectivity index (χ2n) is 6.66. The molecule has 0 aromatic heterocycles. The average molecular weight is 322 g/mol. The Labute approximate surface area is 139 Å². The lowest BCUT2D eigenvalue weighted by Crippen LogP contribution is -2.44. The second-order valence-corrected chi connectivity index (χ2v) is 6.66. The van der Waals surface area contributed by atoms with Crippen LogP contribution in [0.15, 0.2) is 30.3 Å². The fourth-order valence-electron chi connectivity index (χ4n) is 3.06. The predicted molar refractivity (Wildman–Crippen MR) is 90.1 cm³/mol. The van der Waals surface area contributed by atoms with Crippen molar-refractivity contribution < 1.29 is 19.3 Å². The quantitative estimate of drug-likeness (QED) is 0.705. The van der Waals surface area contributed by atoms with Gasteiger partial charge in [-0.15, -0.1) is 0 Å². The molecule has 1 N–H and O–H groups in total. The Morgan fingerprint density at radius 3 is 2.48 bits per heavy atom. The molecule has 0 bridgehead atoms. The molecule has 1 heterocycles. The van der Waals surface area contributed by atoms with Crippen molar-refractivity contribution in [2.24, 2.45) is 0 Å². The van der Waals surface area contributed by atoms with E-state index in [9.17, 15) is 0 Å². The summed E-state index contributed by atoms with van der Waals surface area (Å²) in [6, 6.07) is 10.2. The van der Waals surface area contributed by atoms with Gasteiger partial charge in [0.1, 0.15) is 0 Å². The molecule has 4 heteroatoms. The van der Waals surface area contributed by atoms with E-state index in [0.717, 1.165) is 32.3 Å². The number of aliphatic hydroxyl groups is 1. The van der Waals surface area contributed by atoms with E-state index in [2.05, 4.69) is 12.1 Å². The van der Waals surface area contributed by atoms with Crippen molar-refractivity contribution in [1.82, 2.24) is 0 Å². The lowest BCUT2D eigenvalue weighted by atomic mass is 10.0. The van der Waals surface area contributed by atoms with Crippen molar-refractivity contribution in [1.29, 1.82) is 0 Å². The molecule has 1 aromatic carbocycles. The summed E-state index contributed by atoms with van der Waals surface area (Å²) in [6.07, 6.45) is 5.01. The zero-order valence-corrected chi connectivity index (χ0v) is 14.4. The Morgan fingerprint density at radius 2 is 1.78 bits per heavy atom. The first-order valence-corrected chi connectivity index (χ1v) is 8.67. The van der Waals surface area contributed by atoms with E-state index in [4.69, 9.17) is 19.3 Å². The molecule has 130 valence electrons. The molecule has 1 aromatic rings. The number of hydrogen-bond donors (Lipinski definition) is 1. The first-order chi connectivity index (χ1) is 11.1. The highest BCUT2D eigenvalue weighted by molar-refractivity contribution is 5.13. The zero-order chi connectivity index (χ0) is 16.5. The Balaban J connectivity index is 1.59. The SMILES string of the molecule is CC1(C)O[C@H](CCO)C[C@H](CCCCOCc2ccccc2)O1. The van der Waals surface area contributed by atoms with E-state index in [1.807, 2.05) is 32.0 Å². The maximum absolute atomic E-state index is 9.10. The maximum Gasteiger partial charge on any atom is 0.163 e. The lowest BCUT2D eigenvalue weighted by molar-refractivity contribution is -0.302. The van der Waals surface area contributed by atoms with Crippen LogP contribution in [0.25, 0.3) is 0 Å². The molecule has 0 aliphatic carbocycles. The molecular weight excluding hydrogens is 292 g/mol. The minimum Gasteiger partial charge on any atom is -0.396 e. The van der Waals surface area contributed by atoms with Crippen LogP contribution in [0.3, 0.4) is 0 Å². The molecule has 0 unspecified atom stereocenters. The summed E-state index contributed by atoms with van der Waals surface area (Å²) in [5.74, 6) is -0.549. The highest BCUT2D eigenvalue weighted by Gasteiger charge is 2.34. The fourth-order valence-corrected chi connectivity index (χ4v) is 3.06. The van der Waals surface area contributed by atoms with Crippen LogP contribution >= 0.6 is 0 Å². The number of ether oxygens (including phenoxy) is 3. The largest absolute Gasteiger partial charge is 0.396 e. The van der Waals surface area contributed by atoms with Crippen molar-refractivity contribution in [3.63, 3.8) is 0 Å². The summed E-state index contributed by atoms with van der Waals surface area (Å²) in [6.45, 7) is 5.53. The van der Waals surface area contributed by atoms with Gasteiger partial charge in [-0.1, -0.05) is 30.3 Å². The number of benzene rings is 1. The molecule has 4 nitrogen and oxygen atoms in total. The number of aliphatic hydroxyl groups excluding tert-OH is 1. The topological polar surface area (TPSA) is 47.9 Å². The first kappa shape index (κ1) is 18.4. The molecular formula is C19H30O4. The Kier molecular flexibility index (Phi) is 7.50. The van der Waals surface area contributed by atoms with Crippen LogP contribution in [0.4, 0.5) is 0 Å². The molecule has 2 atom stereocenters. The molecule has 0 spiro atoms. The van der Waals surface area contributed by atoms with E-state index in [-0.39, 0.29) is 18.8 Å². The molecule has 0 saturated carbocycles. The third kappa shape index (κ3) is 7.00. The van der Waals surface area contributed by atoms with Crippen LogP contribution in [0.5, 0.6) is 0 Å². The van der Waals surface area contributed by atoms with Gasteiger partial charge in [-0.3, -0.25) is 0 Å². The van der Waals surface area contributed by atoms with E-state index in [1.54, 1.807) is 0 Å². The van der Waals surface area contributed by atoms with Crippen molar-refractivity contribution in [2.45, 2.75) is 70.6 Å². The molecule has 0 amide bonds. The van der Waals surface area contributed by atoms with Gasteiger partial charge < -0.3 is 19.3 Å². The Morgan fingerprint density at radius 1 is 1.09 bits per heavy atom. The van der Waals surface area contributed by atoms with Crippen LogP contribution in [0, 0.1) is 0 Å². The van der Waals surface area contributed by atoms with E-state index >= 15 is 0 Å². The smallest absolute Gasteiger partial charge is 0.163 e. The van der Waals surface area contributed by atoms with Gasteiger partial charge in [-0.25, -0.2) is 0 Å². The molecule has 23 heavy (non-hydrogen) atoms. The molecule has 0 radical (unpaired) electrons. The minimum absolute atomic E-state index is 0.100. The van der Waals surface area contributed by atoms with Crippen LogP contribution < -0.4 is 0 Å². The van der Waals surface area contributed by atoms with Crippen LogP contribution in [-0.2, 0) is 20.8 Å². The summed E-state index contributed by atoms with van der Waals surface area (Å²) in [5.41, 5.74) is 1.22. The molecule has 1 fully saturated rings. The molecule has 2 rings (SSSR count). The average Bonchev–Trinajstić information content (AvgIpc) is 2.50. The van der Waals surface area contributed by atoms with Crippen molar-refractivity contribution in [3.05, 3.63) is 35.9 Å². The maximum atomic E-state index is 9.10. The van der Waals surface area contributed by atoms with Crippen LogP contribution in [0.2, 0.25) is 0 Å². The highest BCUT2D eigenvalue weighted by atomic mass is 16.7. The normalized spacial score (nSPS) is 23.8. The van der Waals surface area contributed by atoms with Crippen molar-refractivity contribution in [2.75, 3.05) is 13.2 Å². The number of unbranched alkanes of at least 4 members (excludes halogenated alkanes) is 1. The van der Waals surface area contributed by atoms with E-state index < -0.39 is 5.79 Å². The summed E-state index contributed by atoms with van der Waals surface area (Å²) >= 11 is 0. The third-order valence-electron chi connectivity index (χ3n) is 4.05. The minimum atomic E-state index is -0.549. The monoisotopic (exact) mass is 322 g/mol. The number of rotatable bonds is 9. The predicted octanol–water partition coefficient (Wildman–Crippen LogP) is 3.67.